The number of amides is 1. The van der Waals surface area contributed by atoms with E-state index < -0.39 is 0 Å². The molecule has 1 fully saturated rings. The van der Waals surface area contributed by atoms with E-state index in [-0.39, 0.29) is 5.91 Å². The van der Waals surface area contributed by atoms with E-state index in [1.165, 1.54) is 32.1 Å². The quantitative estimate of drug-likeness (QED) is 0.656. The van der Waals surface area contributed by atoms with Gasteiger partial charge in [0.15, 0.2) is 0 Å². The van der Waals surface area contributed by atoms with E-state index in [0.717, 1.165) is 17.8 Å². The fraction of sp³-hybridized carbons (Fsp3) is 0.348. The molecule has 1 aromatic carbocycles. The second-order valence-electron chi connectivity index (χ2n) is 7.60. The maximum absolute atomic E-state index is 13.3. The van der Waals surface area contributed by atoms with Crippen LogP contribution in [0.5, 0.6) is 0 Å². The first kappa shape index (κ1) is 18.4. The molecule has 5 heteroatoms. The SMILES string of the molecule is CN(CC1CCCCC1)C(=O)c1cn(-c2ccccc2)nc1-c1cccnc1. The van der Waals surface area contributed by atoms with Crippen LogP contribution in [0.25, 0.3) is 16.9 Å². The minimum Gasteiger partial charge on any atom is -0.341 e. The largest absolute Gasteiger partial charge is 0.341 e. The Morgan fingerprint density at radius 3 is 2.61 bits per heavy atom. The second kappa shape index (κ2) is 8.38. The lowest BCUT2D eigenvalue weighted by Gasteiger charge is -2.27. The zero-order valence-corrected chi connectivity index (χ0v) is 16.3. The van der Waals surface area contributed by atoms with E-state index in [1.807, 2.05) is 60.6 Å². The number of hydrogen-bond donors (Lipinski definition) is 0. The number of carbonyl (C=O) groups is 1. The monoisotopic (exact) mass is 374 g/mol. The molecule has 1 aliphatic carbocycles. The van der Waals surface area contributed by atoms with Crippen LogP contribution in [0.3, 0.4) is 0 Å². The van der Waals surface area contributed by atoms with Crippen LogP contribution in [0.2, 0.25) is 0 Å². The van der Waals surface area contributed by atoms with Crippen molar-refractivity contribution in [2.45, 2.75) is 32.1 Å². The van der Waals surface area contributed by atoms with E-state index >= 15 is 0 Å². The predicted molar refractivity (Wildman–Crippen MR) is 110 cm³/mol. The molecule has 0 radical (unpaired) electrons. The molecule has 0 atom stereocenters. The van der Waals surface area contributed by atoms with E-state index in [9.17, 15) is 4.79 Å². The van der Waals surface area contributed by atoms with Crippen LogP contribution < -0.4 is 0 Å². The summed E-state index contributed by atoms with van der Waals surface area (Å²) < 4.78 is 1.78. The summed E-state index contributed by atoms with van der Waals surface area (Å²) in [5, 5.41) is 4.73. The van der Waals surface area contributed by atoms with Crippen LogP contribution in [0.1, 0.15) is 42.5 Å². The zero-order chi connectivity index (χ0) is 19.3. The van der Waals surface area contributed by atoms with Crippen molar-refractivity contribution in [3.8, 4) is 16.9 Å². The smallest absolute Gasteiger partial charge is 0.257 e. The van der Waals surface area contributed by atoms with Gasteiger partial charge >= 0.3 is 0 Å². The van der Waals surface area contributed by atoms with Gasteiger partial charge in [-0.15, -0.1) is 0 Å². The third-order valence-electron chi connectivity index (χ3n) is 5.50. The minimum absolute atomic E-state index is 0.0200. The summed E-state index contributed by atoms with van der Waals surface area (Å²) in [5.74, 6) is 0.625. The first-order valence-corrected chi connectivity index (χ1v) is 10.0. The third kappa shape index (κ3) is 3.98. The van der Waals surface area contributed by atoms with Crippen LogP contribution >= 0.6 is 0 Å². The maximum atomic E-state index is 13.3. The number of pyridine rings is 1. The highest BCUT2D eigenvalue weighted by molar-refractivity contribution is 5.99. The van der Waals surface area contributed by atoms with Crippen molar-refractivity contribution >= 4 is 5.91 Å². The standard InChI is InChI=1S/C23H26N4O/c1-26(16-18-9-4-2-5-10-18)23(28)21-17-27(20-12-6-3-7-13-20)25-22(21)19-11-8-14-24-15-19/h3,6-8,11-15,17-18H,2,4-5,9-10,16H2,1H3. The molecule has 0 saturated heterocycles. The topological polar surface area (TPSA) is 51.0 Å². The molecule has 1 saturated carbocycles. The van der Waals surface area contributed by atoms with Gasteiger partial charge in [0.25, 0.3) is 5.91 Å². The Morgan fingerprint density at radius 1 is 1.11 bits per heavy atom. The Bertz CT molecular complexity index is 914. The maximum Gasteiger partial charge on any atom is 0.257 e. The van der Waals surface area contributed by atoms with Gasteiger partial charge in [-0.1, -0.05) is 37.5 Å². The Hall–Kier alpha value is -2.95. The van der Waals surface area contributed by atoms with E-state index in [2.05, 4.69) is 4.98 Å². The number of aromatic nitrogens is 3. The number of hydrogen-bond acceptors (Lipinski definition) is 3. The number of carbonyl (C=O) groups excluding carboxylic acids is 1. The van der Waals surface area contributed by atoms with Crippen LogP contribution in [-0.2, 0) is 0 Å². The number of para-hydroxylation sites is 1. The Morgan fingerprint density at radius 2 is 1.89 bits per heavy atom. The van der Waals surface area contributed by atoms with Crippen molar-refractivity contribution in [2.24, 2.45) is 5.92 Å². The van der Waals surface area contributed by atoms with Crippen molar-refractivity contribution in [1.82, 2.24) is 19.7 Å². The molecule has 0 bridgehead atoms. The van der Waals surface area contributed by atoms with Gasteiger partial charge < -0.3 is 4.90 Å². The molecule has 28 heavy (non-hydrogen) atoms. The molecule has 3 aromatic rings. The molecular formula is C23H26N4O. The van der Waals surface area contributed by atoms with Crippen molar-refractivity contribution in [3.05, 3.63) is 66.6 Å². The normalized spacial score (nSPS) is 14.8. The van der Waals surface area contributed by atoms with E-state index in [1.54, 1.807) is 17.1 Å². The van der Waals surface area contributed by atoms with Crippen molar-refractivity contribution in [1.29, 1.82) is 0 Å². The van der Waals surface area contributed by atoms with Gasteiger partial charge in [-0.05, 0) is 43.0 Å². The van der Waals surface area contributed by atoms with Gasteiger partial charge in [0.2, 0.25) is 0 Å². The average Bonchev–Trinajstić information content (AvgIpc) is 3.20. The Kier molecular flexibility index (Phi) is 5.51. The predicted octanol–water partition coefficient (Wildman–Crippen LogP) is 4.59. The molecule has 144 valence electrons. The molecule has 0 unspecified atom stereocenters. The summed E-state index contributed by atoms with van der Waals surface area (Å²) >= 11 is 0. The minimum atomic E-state index is 0.0200. The summed E-state index contributed by atoms with van der Waals surface area (Å²) in [6.07, 6.45) is 11.6. The molecule has 0 spiro atoms. The average molecular weight is 374 g/mol. The lowest BCUT2D eigenvalue weighted by Crippen LogP contribution is -2.32. The van der Waals surface area contributed by atoms with Crippen LogP contribution in [0, 0.1) is 5.92 Å². The van der Waals surface area contributed by atoms with Crippen LogP contribution in [-0.4, -0.2) is 39.2 Å². The fourth-order valence-electron chi connectivity index (χ4n) is 4.01. The van der Waals surface area contributed by atoms with Crippen LogP contribution in [0.4, 0.5) is 0 Å². The molecular weight excluding hydrogens is 348 g/mol. The molecule has 4 rings (SSSR count). The van der Waals surface area contributed by atoms with Crippen molar-refractivity contribution < 1.29 is 4.79 Å². The molecule has 1 amide bonds. The number of nitrogens with zero attached hydrogens (tertiary/aromatic N) is 4. The van der Waals surface area contributed by atoms with Gasteiger partial charge in [0.05, 0.1) is 11.3 Å². The van der Waals surface area contributed by atoms with Gasteiger partial charge in [0.1, 0.15) is 5.69 Å². The molecule has 1 aliphatic rings. The molecule has 2 heterocycles. The van der Waals surface area contributed by atoms with Gasteiger partial charge in [-0.2, -0.15) is 5.10 Å². The third-order valence-corrected chi connectivity index (χ3v) is 5.50. The Labute approximate surface area is 166 Å². The summed E-state index contributed by atoms with van der Waals surface area (Å²) in [5.41, 5.74) is 3.08. The fourth-order valence-corrected chi connectivity index (χ4v) is 4.01. The first-order chi connectivity index (χ1) is 13.7. The Balaban J connectivity index is 1.66. The van der Waals surface area contributed by atoms with Gasteiger partial charge in [-0.25, -0.2) is 4.68 Å². The van der Waals surface area contributed by atoms with E-state index in [4.69, 9.17) is 5.10 Å². The highest BCUT2D eigenvalue weighted by atomic mass is 16.2. The summed E-state index contributed by atoms with van der Waals surface area (Å²) in [7, 11) is 1.91. The molecule has 0 N–H and O–H groups in total. The van der Waals surface area contributed by atoms with Gasteiger partial charge in [0, 0.05) is 37.7 Å². The molecule has 2 aromatic heterocycles. The molecule has 5 nitrogen and oxygen atoms in total. The number of benzene rings is 1. The summed E-state index contributed by atoms with van der Waals surface area (Å²) in [6, 6.07) is 13.7. The highest BCUT2D eigenvalue weighted by Gasteiger charge is 2.24. The zero-order valence-electron chi connectivity index (χ0n) is 16.3. The first-order valence-electron chi connectivity index (χ1n) is 10.0. The summed E-state index contributed by atoms with van der Waals surface area (Å²) in [6.45, 7) is 0.807. The molecule has 0 aliphatic heterocycles. The van der Waals surface area contributed by atoms with Gasteiger partial charge in [-0.3, -0.25) is 9.78 Å². The van der Waals surface area contributed by atoms with Crippen LogP contribution in [0.15, 0.2) is 61.1 Å². The lowest BCUT2D eigenvalue weighted by molar-refractivity contribution is 0.0761. The van der Waals surface area contributed by atoms with E-state index in [0.29, 0.717) is 17.2 Å². The highest BCUT2D eigenvalue weighted by Crippen LogP contribution is 2.27. The number of rotatable bonds is 5. The summed E-state index contributed by atoms with van der Waals surface area (Å²) in [4.78, 5) is 19.4. The van der Waals surface area contributed by atoms with Crippen molar-refractivity contribution in [2.75, 3.05) is 13.6 Å². The lowest BCUT2D eigenvalue weighted by atomic mass is 9.89. The van der Waals surface area contributed by atoms with Crippen molar-refractivity contribution in [3.63, 3.8) is 0 Å². The second-order valence-corrected chi connectivity index (χ2v) is 7.60.